The zero-order valence-electron chi connectivity index (χ0n) is 11.9. The van der Waals surface area contributed by atoms with Crippen LogP contribution in [0.25, 0.3) is 0 Å². The third-order valence-electron chi connectivity index (χ3n) is 3.27. The van der Waals surface area contributed by atoms with E-state index in [4.69, 9.17) is 16.3 Å². The topological polar surface area (TPSA) is 32.8 Å². The van der Waals surface area contributed by atoms with Crippen LogP contribution < -0.4 is 4.90 Å². The second-order valence-corrected chi connectivity index (χ2v) is 6.32. The van der Waals surface area contributed by atoms with Crippen LogP contribution in [0.1, 0.15) is 10.9 Å². The molecule has 0 aromatic heterocycles. The summed E-state index contributed by atoms with van der Waals surface area (Å²) < 4.78 is 5.07. The Morgan fingerprint density at radius 1 is 1.50 bits per heavy atom. The Morgan fingerprint density at radius 3 is 2.85 bits per heavy atom. The maximum absolute atomic E-state index is 11.9. The molecule has 1 saturated heterocycles. The fourth-order valence-electron chi connectivity index (χ4n) is 2.14. The van der Waals surface area contributed by atoms with Gasteiger partial charge in [0.05, 0.1) is 12.4 Å². The number of anilines is 1. The van der Waals surface area contributed by atoms with Gasteiger partial charge in [-0.15, -0.1) is 11.8 Å². The summed E-state index contributed by atoms with van der Waals surface area (Å²) in [6.45, 7) is 1.13. The van der Waals surface area contributed by atoms with E-state index in [1.807, 2.05) is 42.1 Å². The van der Waals surface area contributed by atoms with Crippen LogP contribution in [0.4, 0.5) is 5.69 Å². The van der Waals surface area contributed by atoms with Crippen LogP contribution in [0.5, 0.6) is 0 Å². The summed E-state index contributed by atoms with van der Waals surface area (Å²) in [5, 5.41) is 0.687. The van der Waals surface area contributed by atoms with E-state index in [1.54, 1.807) is 18.9 Å². The summed E-state index contributed by atoms with van der Waals surface area (Å²) in [4.78, 5) is 15.8. The second kappa shape index (κ2) is 6.70. The average Bonchev–Trinajstić information content (AvgIpc) is 2.77. The minimum Gasteiger partial charge on any atom is -0.383 e. The van der Waals surface area contributed by atoms with Crippen LogP contribution in [0.2, 0.25) is 5.02 Å². The van der Waals surface area contributed by atoms with Crippen LogP contribution >= 0.6 is 23.4 Å². The van der Waals surface area contributed by atoms with Crippen molar-refractivity contribution in [3.63, 3.8) is 0 Å². The van der Waals surface area contributed by atoms with Crippen molar-refractivity contribution in [2.75, 3.05) is 45.0 Å². The number of hydrogen-bond acceptors (Lipinski definition) is 4. The third-order valence-corrected chi connectivity index (χ3v) is 4.84. The molecule has 6 heteroatoms. The van der Waals surface area contributed by atoms with E-state index in [2.05, 4.69) is 0 Å². The Kier molecular flexibility index (Phi) is 5.18. The lowest BCUT2D eigenvalue weighted by Gasteiger charge is -2.25. The lowest BCUT2D eigenvalue weighted by atomic mass is 10.1. The first-order chi connectivity index (χ1) is 9.54. The Hall–Kier alpha value is -0.910. The maximum Gasteiger partial charge on any atom is 0.233 e. The monoisotopic (exact) mass is 314 g/mol. The first kappa shape index (κ1) is 15.5. The van der Waals surface area contributed by atoms with Gasteiger partial charge in [-0.3, -0.25) is 4.79 Å². The number of amides is 1. The molecular weight excluding hydrogens is 296 g/mol. The van der Waals surface area contributed by atoms with Gasteiger partial charge in [0.15, 0.2) is 0 Å². The molecule has 110 valence electrons. The van der Waals surface area contributed by atoms with Crippen molar-refractivity contribution in [2.45, 2.75) is 5.37 Å². The summed E-state index contributed by atoms with van der Waals surface area (Å²) in [5.74, 6) is 0.643. The van der Waals surface area contributed by atoms with E-state index in [9.17, 15) is 4.79 Å². The number of carbonyl (C=O) groups excluding carboxylic acids is 1. The number of rotatable bonds is 5. The molecule has 1 amide bonds. The molecule has 1 atom stereocenters. The highest BCUT2D eigenvalue weighted by Crippen LogP contribution is 2.42. The number of halogens is 1. The summed E-state index contributed by atoms with van der Waals surface area (Å²) in [7, 11) is 5.59. The van der Waals surface area contributed by atoms with E-state index in [-0.39, 0.29) is 11.3 Å². The first-order valence-corrected chi connectivity index (χ1v) is 7.84. The fraction of sp³-hybridized carbons (Fsp3) is 0.500. The van der Waals surface area contributed by atoms with E-state index in [0.717, 1.165) is 11.3 Å². The number of ether oxygens (including phenoxy) is 1. The lowest BCUT2D eigenvalue weighted by molar-refractivity contribution is -0.128. The molecule has 0 N–H and O–H groups in total. The highest BCUT2D eigenvalue weighted by molar-refractivity contribution is 8.00. The molecule has 0 radical (unpaired) electrons. The quantitative estimate of drug-likeness (QED) is 0.836. The minimum absolute atomic E-state index is 0.0126. The summed E-state index contributed by atoms with van der Waals surface area (Å²) in [5.41, 5.74) is 2.04. The van der Waals surface area contributed by atoms with Gasteiger partial charge in [0.25, 0.3) is 0 Å². The van der Waals surface area contributed by atoms with E-state index in [0.29, 0.717) is 23.9 Å². The van der Waals surface area contributed by atoms with Crippen molar-refractivity contribution in [3.8, 4) is 0 Å². The van der Waals surface area contributed by atoms with Gasteiger partial charge in [-0.2, -0.15) is 0 Å². The number of methoxy groups -OCH3 is 1. The zero-order chi connectivity index (χ0) is 14.7. The molecule has 2 rings (SSSR count). The predicted molar refractivity (Wildman–Crippen MR) is 84.6 cm³/mol. The molecule has 4 nitrogen and oxygen atoms in total. The second-order valence-electron chi connectivity index (χ2n) is 4.84. The summed E-state index contributed by atoms with van der Waals surface area (Å²) in [6, 6.07) is 5.97. The van der Waals surface area contributed by atoms with Crippen molar-refractivity contribution in [2.24, 2.45) is 0 Å². The van der Waals surface area contributed by atoms with Crippen molar-refractivity contribution < 1.29 is 9.53 Å². The van der Waals surface area contributed by atoms with Crippen molar-refractivity contribution in [1.82, 2.24) is 4.90 Å². The Morgan fingerprint density at radius 2 is 2.25 bits per heavy atom. The predicted octanol–water partition coefficient (Wildman–Crippen LogP) is 2.63. The molecule has 1 aromatic carbocycles. The number of benzene rings is 1. The molecule has 1 fully saturated rings. The number of thioether (sulfide) groups is 1. The molecular formula is C14H19ClN2O2S. The average molecular weight is 315 g/mol. The smallest absolute Gasteiger partial charge is 0.233 e. The van der Waals surface area contributed by atoms with Crippen LogP contribution in [-0.2, 0) is 9.53 Å². The Balaban J connectivity index is 2.23. The molecule has 1 unspecified atom stereocenters. The van der Waals surface area contributed by atoms with Crippen molar-refractivity contribution >= 4 is 35.0 Å². The van der Waals surface area contributed by atoms with Gasteiger partial charge in [-0.05, 0) is 12.1 Å². The standard InChI is InChI=1S/C14H19ClN2O2S/c1-16(2)10-4-5-11(12(15)8-10)14-17(6-7-19-3)13(18)9-20-14/h4-5,8,14H,6-7,9H2,1-3H3. The van der Waals surface area contributed by atoms with Gasteiger partial charge in [0.1, 0.15) is 5.37 Å². The zero-order valence-corrected chi connectivity index (χ0v) is 13.5. The molecule has 1 aliphatic rings. The van der Waals surface area contributed by atoms with E-state index >= 15 is 0 Å². The molecule has 1 aromatic rings. The van der Waals surface area contributed by atoms with Gasteiger partial charge in [0.2, 0.25) is 5.91 Å². The first-order valence-electron chi connectivity index (χ1n) is 6.41. The van der Waals surface area contributed by atoms with Gasteiger partial charge in [0, 0.05) is 44.0 Å². The Labute approximate surface area is 129 Å². The summed E-state index contributed by atoms with van der Waals surface area (Å²) >= 11 is 8.00. The molecule has 0 spiro atoms. The van der Waals surface area contributed by atoms with Crippen LogP contribution in [0, 0.1) is 0 Å². The van der Waals surface area contributed by atoms with Gasteiger partial charge in [-0.1, -0.05) is 17.7 Å². The number of carbonyl (C=O) groups is 1. The normalized spacial score (nSPS) is 18.7. The Bertz CT molecular complexity index is 496. The van der Waals surface area contributed by atoms with E-state index < -0.39 is 0 Å². The van der Waals surface area contributed by atoms with Crippen LogP contribution in [0.15, 0.2) is 18.2 Å². The molecule has 1 aliphatic heterocycles. The number of nitrogens with zero attached hydrogens (tertiary/aromatic N) is 2. The highest BCUT2D eigenvalue weighted by atomic mass is 35.5. The minimum atomic E-state index is -0.0126. The van der Waals surface area contributed by atoms with Crippen LogP contribution in [-0.4, -0.2) is 50.9 Å². The largest absolute Gasteiger partial charge is 0.383 e. The van der Waals surface area contributed by atoms with Crippen molar-refractivity contribution in [1.29, 1.82) is 0 Å². The molecule has 0 bridgehead atoms. The summed E-state index contributed by atoms with van der Waals surface area (Å²) in [6.07, 6.45) is 0. The molecule has 0 saturated carbocycles. The van der Waals surface area contributed by atoms with Gasteiger partial charge in [-0.25, -0.2) is 0 Å². The van der Waals surface area contributed by atoms with Gasteiger partial charge < -0.3 is 14.5 Å². The van der Waals surface area contributed by atoms with Gasteiger partial charge >= 0.3 is 0 Å². The number of hydrogen-bond donors (Lipinski definition) is 0. The maximum atomic E-state index is 11.9. The molecule has 0 aliphatic carbocycles. The fourth-order valence-corrected chi connectivity index (χ4v) is 3.73. The van der Waals surface area contributed by atoms with Crippen molar-refractivity contribution in [3.05, 3.63) is 28.8 Å². The molecule has 20 heavy (non-hydrogen) atoms. The lowest BCUT2D eigenvalue weighted by Crippen LogP contribution is -2.31. The SMILES string of the molecule is COCCN1C(=O)CSC1c1ccc(N(C)C)cc1Cl. The van der Waals surface area contributed by atoms with Crippen LogP contribution in [0.3, 0.4) is 0 Å². The van der Waals surface area contributed by atoms with E-state index in [1.165, 1.54) is 0 Å². The third kappa shape index (κ3) is 3.22. The molecule has 1 heterocycles. The highest BCUT2D eigenvalue weighted by Gasteiger charge is 2.33.